The molecule has 0 spiro atoms. The van der Waals surface area contributed by atoms with Gasteiger partial charge in [0.25, 0.3) is 0 Å². The van der Waals surface area contributed by atoms with E-state index in [1.165, 1.54) is 5.56 Å². The fraction of sp³-hybridized carbons (Fsp3) is 0.591. The molecule has 1 saturated heterocycles. The van der Waals surface area contributed by atoms with Gasteiger partial charge in [0.05, 0.1) is 12.6 Å². The van der Waals surface area contributed by atoms with Gasteiger partial charge in [0.2, 0.25) is 0 Å². The molecule has 1 aliphatic heterocycles. The highest BCUT2D eigenvalue weighted by Gasteiger charge is 2.19. The third kappa shape index (κ3) is 7.44. The van der Waals surface area contributed by atoms with E-state index in [4.69, 9.17) is 4.74 Å². The molecule has 2 heterocycles. The van der Waals surface area contributed by atoms with Crippen molar-refractivity contribution in [1.29, 1.82) is 0 Å². The second kappa shape index (κ2) is 11.3. The molecule has 2 aromatic rings. The third-order valence-electron chi connectivity index (χ3n) is 5.42. The Kier molecular flexibility index (Phi) is 8.49. The first-order chi connectivity index (χ1) is 14.1. The van der Waals surface area contributed by atoms with Crippen molar-refractivity contribution in [1.82, 2.24) is 19.6 Å². The molecule has 0 amide bonds. The molecule has 1 aromatic carbocycles. The average Bonchev–Trinajstić information content (AvgIpc) is 3.25. The van der Waals surface area contributed by atoms with Crippen LogP contribution in [-0.2, 0) is 13.1 Å². The minimum absolute atomic E-state index is 0.190. The topological polar surface area (TPSA) is 74.0 Å². The average molecular weight is 403 g/mol. The van der Waals surface area contributed by atoms with Gasteiger partial charge in [-0.15, -0.1) is 0 Å². The number of likely N-dealkylation sites (N-methyl/N-ethyl adjacent to an activating group) is 1. The lowest BCUT2D eigenvalue weighted by Gasteiger charge is -2.30. The Morgan fingerprint density at radius 2 is 2.10 bits per heavy atom. The Labute approximate surface area is 173 Å². The van der Waals surface area contributed by atoms with Crippen molar-refractivity contribution >= 4 is 0 Å². The highest BCUT2D eigenvalue weighted by molar-refractivity contribution is 5.28. The molecule has 0 unspecified atom stereocenters. The molecule has 1 atom stereocenters. The van der Waals surface area contributed by atoms with Crippen LogP contribution in [0.1, 0.15) is 25.3 Å². The van der Waals surface area contributed by atoms with Crippen LogP contribution in [0.15, 0.2) is 42.7 Å². The summed E-state index contributed by atoms with van der Waals surface area (Å²) in [6.45, 7) is 8.33. The van der Waals surface area contributed by atoms with Crippen molar-refractivity contribution in [2.45, 2.75) is 45.1 Å². The minimum atomic E-state index is -0.532. The van der Waals surface area contributed by atoms with Crippen molar-refractivity contribution < 1.29 is 14.9 Å². The van der Waals surface area contributed by atoms with Crippen molar-refractivity contribution in [3.8, 4) is 5.75 Å². The number of aliphatic hydroxyl groups excluding tert-OH is 2. The third-order valence-corrected chi connectivity index (χ3v) is 5.42. The van der Waals surface area contributed by atoms with E-state index >= 15 is 0 Å². The number of benzene rings is 1. The Balaban J connectivity index is 1.43. The molecule has 7 nitrogen and oxygen atoms in total. The molecule has 0 saturated carbocycles. The van der Waals surface area contributed by atoms with Crippen LogP contribution in [0.25, 0.3) is 0 Å². The first-order valence-electron chi connectivity index (χ1n) is 10.6. The fourth-order valence-corrected chi connectivity index (χ4v) is 3.66. The maximum atomic E-state index is 10.3. The Hall–Kier alpha value is -1.93. The molecule has 1 aliphatic rings. The number of likely N-dealkylation sites (tertiary alicyclic amines) is 1. The number of rotatable bonds is 11. The molecule has 1 aromatic heterocycles. The number of aromatic nitrogens is 2. The second-order valence-electron chi connectivity index (χ2n) is 7.78. The van der Waals surface area contributed by atoms with Crippen molar-refractivity contribution in [2.75, 3.05) is 39.3 Å². The molecule has 29 heavy (non-hydrogen) atoms. The quantitative estimate of drug-likeness (QED) is 0.595. The van der Waals surface area contributed by atoms with Gasteiger partial charge in [-0.05, 0) is 43.1 Å². The van der Waals surface area contributed by atoms with Crippen LogP contribution in [0.2, 0.25) is 0 Å². The van der Waals surface area contributed by atoms with Crippen LogP contribution < -0.4 is 4.74 Å². The minimum Gasteiger partial charge on any atom is -0.491 e. The number of hydrogen-bond acceptors (Lipinski definition) is 6. The van der Waals surface area contributed by atoms with E-state index in [-0.39, 0.29) is 12.7 Å². The summed E-state index contributed by atoms with van der Waals surface area (Å²) in [5.41, 5.74) is 1.20. The Morgan fingerprint density at radius 3 is 2.83 bits per heavy atom. The summed E-state index contributed by atoms with van der Waals surface area (Å²) in [4.78, 5) is 4.57. The van der Waals surface area contributed by atoms with E-state index in [0.717, 1.165) is 57.9 Å². The molecular formula is C22H34N4O3. The molecule has 2 N–H and O–H groups in total. The summed E-state index contributed by atoms with van der Waals surface area (Å²) >= 11 is 0. The van der Waals surface area contributed by atoms with E-state index in [9.17, 15) is 10.2 Å². The Morgan fingerprint density at radius 1 is 1.28 bits per heavy atom. The summed E-state index contributed by atoms with van der Waals surface area (Å²) in [7, 11) is 0. The highest BCUT2D eigenvalue weighted by Crippen LogP contribution is 2.16. The summed E-state index contributed by atoms with van der Waals surface area (Å²) < 4.78 is 7.80. The van der Waals surface area contributed by atoms with Gasteiger partial charge in [-0.1, -0.05) is 19.1 Å². The van der Waals surface area contributed by atoms with Gasteiger partial charge in [0.1, 0.15) is 18.5 Å². The van der Waals surface area contributed by atoms with Crippen LogP contribution in [0.3, 0.4) is 0 Å². The molecule has 160 valence electrons. The van der Waals surface area contributed by atoms with Crippen LogP contribution in [-0.4, -0.2) is 81.3 Å². The van der Waals surface area contributed by atoms with Crippen LogP contribution in [0, 0.1) is 0 Å². The second-order valence-corrected chi connectivity index (χ2v) is 7.78. The summed E-state index contributed by atoms with van der Waals surface area (Å²) in [5, 5.41) is 24.1. The number of piperidine rings is 1. The molecular weight excluding hydrogens is 368 g/mol. The SMILES string of the molecule is CCN(CCn1cccn1)Cc1cccc(OC[C@H](O)CN2CCC(O)CC2)c1. The lowest BCUT2D eigenvalue weighted by atomic mass is 10.1. The Bertz CT molecular complexity index is 702. The maximum Gasteiger partial charge on any atom is 0.119 e. The predicted molar refractivity (Wildman–Crippen MR) is 113 cm³/mol. The summed E-state index contributed by atoms with van der Waals surface area (Å²) in [5.74, 6) is 0.791. The van der Waals surface area contributed by atoms with E-state index in [2.05, 4.69) is 34.0 Å². The molecule has 3 rings (SSSR count). The number of β-amino-alcohol motifs (C(OH)–C–C–N with tert-alkyl or cyclic N) is 1. The van der Waals surface area contributed by atoms with Gasteiger partial charge < -0.3 is 19.8 Å². The molecule has 0 radical (unpaired) electrons. The number of ether oxygens (including phenoxy) is 1. The van der Waals surface area contributed by atoms with Crippen molar-refractivity contribution in [3.63, 3.8) is 0 Å². The smallest absolute Gasteiger partial charge is 0.119 e. The van der Waals surface area contributed by atoms with Crippen LogP contribution >= 0.6 is 0 Å². The van der Waals surface area contributed by atoms with Gasteiger partial charge >= 0.3 is 0 Å². The van der Waals surface area contributed by atoms with E-state index in [1.54, 1.807) is 6.20 Å². The van der Waals surface area contributed by atoms with Gasteiger partial charge in [-0.25, -0.2) is 0 Å². The number of aliphatic hydroxyl groups is 2. The summed E-state index contributed by atoms with van der Waals surface area (Å²) in [6, 6.07) is 10.1. The lowest BCUT2D eigenvalue weighted by Crippen LogP contribution is -2.41. The first-order valence-corrected chi connectivity index (χ1v) is 10.6. The zero-order chi connectivity index (χ0) is 20.5. The summed E-state index contributed by atoms with van der Waals surface area (Å²) in [6.07, 6.45) is 4.63. The molecule has 0 aliphatic carbocycles. The van der Waals surface area contributed by atoms with E-state index in [1.807, 2.05) is 29.1 Å². The monoisotopic (exact) mass is 402 g/mol. The van der Waals surface area contributed by atoms with Gasteiger partial charge in [0, 0.05) is 45.1 Å². The van der Waals surface area contributed by atoms with E-state index in [0.29, 0.717) is 6.54 Å². The van der Waals surface area contributed by atoms with Gasteiger partial charge in [-0.2, -0.15) is 5.10 Å². The first kappa shape index (κ1) is 21.8. The van der Waals surface area contributed by atoms with Gasteiger partial charge in [0.15, 0.2) is 0 Å². The zero-order valence-electron chi connectivity index (χ0n) is 17.4. The normalized spacial score (nSPS) is 17.0. The van der Waals surface area contributed by atoms with Crippen LogP contribution in [0.4, 0.5) is 0 Å². The number of nitrogens with zero attached hydrogens (tertiary/aromatic N) is 4. The van der Waals surface area contributed by atoms with Crippen molar-refractivity contribution in [2.24, 2.45) is 0 Å². The predicted octanol–water partition coefficient (Wildman–Crippen LogP) is 1.60. The lowest BCUT2D eigenvalue weighted by molar-refractivity contribution is 0.0337. The molecule has 1 fully saturated rings. The van der Waals surface area contributed by atoms with E-state index < -0.39 is 6.10 Å². The number of hydrogen-bond donors (Lipinski definition) is 2. The molecule has 0 bridgehead atoms. The largest absolute Gasteiger partial charge is 0.491 e. The molecule has 7 heteroatoms. The zero-order valence-corrected chi connectivity index (χ0v) is 17.4. The van der Waals surface area contributed by atoms with Crippen molar-refractivity contribution in [3.05, 3.63) is 48.3 Å². The van der Waals surface area contributed by atoms with Crippen LogP contribution in [0.5, 0.6) is 5.75 Å². The van der Waals surface area contributed by atoms with Gasteiger partial charge in [-0.3, -0.25) is 9.58 Å². The highest BCUT2D eigenvalue weighted by atomic mass is 16.5. The fourth-order valence-electron chi connectivity index (χ4n) is 3.66. The maximum absolute atomic E-state index is 10.3. The standard InChI is InChI=1S/C22H34N4O3/c1-2-24(13-14-26-10-4-9-23-26)16-19-5-3-6-22(15-19)29-18-21(28)17-25-11-7-20(27)8-12-25/h3-6,9-10,15,20-21,27-28H,2,7-8,11-14,16-18H2,1H3/t21-/m1/s1.